The van der Waals surface area contributed by atoms with E-state index in [1.807, 2.05) is 24.3 Å². The average Bonchev–Trinajstić information content (AvgIpc) is 2.03. The van der Waals surface area contributed by atoms with Crippen LogP contribution >= 0.6 is 27.7 Å². The van der Waals surface area contributed by atoms with Crippen LogP contribution in [0.3, 0.4) is 0 Å². The van der Waals surface area contributed by atoms with Crippen LogP contribution in [0.1, 0.15) is 6.92 Å². The molecule has 0 saturated heterocycles. The molecule has 1 N–H and O–H groups in total. The van der Waals surface area contributed by atoms with E-state index < -0.39 is 0 Å². The summed E-state index contributed by atoms with van der Waals surface area (Å²) in [6.45, 7) is 1.80. The molecule has 0 saturated carbocycles. The highest BCUT2D eigenvalue weighted by Gasteiger charge is 1.97. The van der Waals surface area contributed by atoms with Crippen molar-refractivity contribution in [3.8, 4) is 0 Å². The smallest absolute Gasteiger partial charge is 0.0606 e. The number of rotatable bonds is 3. The highest BCUT2D eigenvalue weighted by atomic mass is 79.9. The van der Waals surface area contributed by atoms with Crippen molar-refractivity contribution in [3.63, 3.8) is 0 Å². The van der Waals surface area contributed by atoms with Gasteiger partial charge in [-0.05, 0) is 31.2 Å². The second kappa shape index (κ2) is 4.90. The van der Waals surface area contributed by atoms with Crippen LogP contribution in [0.25, 0.3) is 0 Å². The molecule has 1 aromatic rings. The van der Waals surface area contributed by atoms with Gasteiger partial charge in [0, 0.05) is 15.1 Å². The first kappa shape index (κ1) is 10.1. The van der Waals surface area contributed by atoms with Gasteiger partial charge in [-0.3, -0.25) is 0 Å². The van der Waals surface area contributed by atoms with Gasteiger partial charge in [0.1, 0.15) is 0 Å². The Morgan fingerprint density at radius 1 is 1.42 bits per heavy atom. The van der Waals surface area contributed by atoms with E-state index in [1.54, 1.807) is 18.7 Å². The molecule has 1 atom stereocenters. The first-order chi connectivity index (χ1) is 5.68. The zero-order valence-electron chi connectivity index (χ0n) is 6.83. The van der Waals surface area contributed by atoms with E-state index in [4.69, 9.17) is 5.11 Å². The maximum absolute atomic E-state index is 9.04. The fourth-order valence-electron chi connectivity index (χ4n) is 0.748. The van der Waals surface area contributed by atoms with Crippen molar-refractivity contribution in [2.24, 2.45) is 0 Å². The second-order valence-electron chi connectivity index (χ2n) is 2.61. The fraction of sp³-hybridized carbons (Fsp3) is 0.333. The third kappa shape index (κ3) is 3.61. The van der Waals surface area contributed by atoms with Gasteiger partial charge >= 0.3 is 0 Å². The van der Waals surface area contributed by atoms with Crippen LogP contribution in [0.5, 0.6) is 0 Å². The topological polar surface area (TPSA) is 20.2 Å². The minimum absolute atomic E-state index is 0.237. The lowest BCUT2D eigenvalue weighted by molar-refractivity contribution is 0.220. The van der Waals surface area contributed by atoms with Gasteiger partial charge in [0.05, 0.1) is 6.10 Å². The van der Waals surface area contributed by atoms with Crippen LogP contribution in [0.15, 0.2) is 33.6 Å². The van der Waals surface area contributed by atoms with E-state index in [1.165, 1.54) is 4.90 Å². The average molecular weight is 247 g/mol. The number of benzene rings is 1. The second-order valence-corrected chi connectivity index (χ2v) is 4.62. The first-order valence-corrected chi connectivity index (χ1v) is 5.53. The van der Waals surface area contributed by atoms with Crippen molar-refractivity contribution in [2.45, 2.75) is 17.9 Å². The number of hydrogen-bond acceptors (Lipinski definition) is 2. The molecule has 0 radical (unpaired) electrons. The molecule has 1 aromatic carbocycles. The minimum Gasteiger partial charge on any atom is -0.393 e. The van der Waals surface area contributed by atoms with Crippen molar-refractivity contribution in [1.82, 2.24) is 0 Å². The summed E-state index contributed by atoms with van der Waals surface area (Å²) in [4.78, 5) is 1.19. The largest absolute Gasteiger partial charge is 0.393 e. The van der Waals surface area contributed by atoms with Crippen molar-refractivity contribution in [3.05, 3.63) is 28.7 Å². The Bertz CT molecular complexity index is 233. The Kier molecular flexibility index (Phi) is 4.12. The number of hydrogen-bond donors (Lipinski definition) is 1. The SMILES string of the molecule is CC(O)CSc1ccc(Br)cc1. The van der Waals surface area contributed by atoms with Crippen LogP contribution in [0.4, 0.5) is 0 Å². The molecule has 1 unspecified atom stereocenters. The quantitative estimate of drug-likeness (QED) is 0.829. The van der Waals surface area contributed by atoms with Gasteiger partial charge < -0.3 is 5.11 Å². The van der Waals surface area contributed by atoms with Crippen LogP contribution in [-0.2, 0) is 0 Å². The van der Waals surface area contributed by atoms with Crippen molar-refractivity contribution in [2.75, 3.05) is 5.75 Å². The molecule has 0 bridgehead atoms. The number of thioether (sulfide) groups is 1. The first-order valence-electron chi connectivity index (χ1n) is 3.75. The van der Waals surface area contributed by atoms with Crippen molar-refractivity contribution < 1.29 is 5.11 Å². The van der Waals surface area contributed by atoms with Crippen molar-refractivity contribution in [1.29, 1.82) is 0 Å². The van der Waals surface area contributed by atoms with Gasteiger partial charge in [0.25, 0.3) is 0 Å². The maximum atomic E-state index is 9.04. The molecule has 3 heteroatoms. The van der Waals surface area contributed by atoms with E-state index in [2.05, 4.69) is 15.9 Å². The monoisotopic (exact) mass is 246 g/mol. The standard InChI is InChI=1S/C9H11BrOS/c1-7(11)6-12-9-4-2-8(10)3-5-9/h2-5,7,11H,6H2,1H3. The number of halogens is 1. The van der Waals surface area contributed by atoms with Crippen molar-refractivity contribution >= 4 is 27.7 Å². The lowest BCUT2D eigenvalue weighted by atomic mass is 10.4. The highest BCUT2D eigenvalue weighted by molar-refractivity contribution is 9.10. The fourth-order valence-corrected chi connectivity index (χ4v) is 1.77. The Morgan fingerprint density at radius 3 is 2.50 bits per heavy atom. The lowest BCUT2D eigenvalue weighted by Crippen LogP contribution is -2.01. The Labute approximate surface area is 85.3 Å². The summed E-state index contributed by atoms with van der Waals surface area (Å²) in [5.74, 6) is 0.752. The summed E-state index contributed by atoms with van der Waals surface area (Å²) in [5.41, 5.74) is 0. The van der Waals surface area contributed by atoms with Gasteiger partial charge in [-0.25, -0.2) is 0 Å². The molecule has 0 spiro atoms. The normalized spacial score (nSPS) is 12.9. The van der Waals surface area contributed by atoms with Gasteiger partial charge in [-0.1, -0.05) is 15.9 Å². The molecule has 12 heavy (non-hydrogen) atoms. The number of aliphatic hydroxyl groups is 1. The molecule has 0 fully saturated rings. The van der Waals surface area contributed by atoms with E-state index in [-0.39, 0.29) is 6.10 Å². The maximum Gasteiger partial charge on any atom is 0.0606 e. The molecule has 1 nitrogen and oxygen atoms in total. The summed E-state index contributed by atoms with van der Waals surface area (Å²) in [6, 6.07) is 8.09. The minimum atomic E-state index is -0.237. The molecular formula is C9H11BrOS. The van der Waals surface area contributed by atoms with Crippen LogP contribution in [0.2, 0.25) is 0 Å². The molecule has 0 amide bonds. The summed E-state index contributed by atoms with van der Waals surface area (Å²) in [5, 5.41) is 9.04. The number of aliphatic hydroxyl groups excluding tert-OH is 1. The third-order valence-electron chi connectivity index (χ3n) is 1.30. The summed E-state index contributed by atoms with van der Waals surface area (Å²) in [7, 11) is 0. The zero-order chi connectivity index (χ0) is 8.97. The Hall–Kier alpha value is 0.01000. The van der Waals surface area contributed by atoms with Gasteiger partial charge in [-0.15, -0.1) is 11.8 Å². The van der Waals surface area contributed by atoms with E-state index in [9.17, 15) is 0 Å². The van der Waals surface area contributed by atoms with Gasteiger partial charge in [-0.2, -0.15) is 0 Å². The lowest BCUT2D eigenvalue weighted by Gasteiger charge is -2.03. The molecule has 0 aliphatic rings. The third-order valence-corrected chi connectivity index (χ3v) is 3.09. The van der Waals surface area contributed by atoms with E-state index >= 15 is 0 Å². The molecular weight excluding hydrogens is 236 g/mol. The highest BCUT2D eigenvalue weighted by Crippen LogP contribution is 2.20. The Morgan fingerprint density at radius 2 is 2.00 bits per heavy atom. The molecule has 0 heterocycles. The molecule has 0 aliphatic carbocycles. The van der Waals surface area contributed by atoms with E-state index in [0.717, 1.165) is 10.2 Å². The van der Waals surface area contributed by atoms with Crippen LogP contribution < -0.4 is 0 Å². The van der Waals surface area contributed by atoms with E-state index in [0.29, 0.717) is 0 Å². The summed E-state index contributed by atoms with van der Waals surface area (Å²) < 4.78 is 1.09. The molecule has 1 rings (SSSR count). The van der Waals surface area contributed by atoms with Gasteiger partial charge in [0.15, 0.2) is 0 Å². The zero-order valence-corrected chi connectivity index (χ0v) is 9.23. The van der Waals surface area contributed by atoms with Crippen LogP contribution in [0, 0.1) is 0 Å². The predicted molar refractivity (Wildman–Crippen MR) is 56.5 cm³/mol. The molecule has 0 aromatic heterocycles. The molecule has 0 aliphatic heterocycles. The van der Waals surface area contributed by atoms with Gasteiger partial charge in [0.2, 0.25) is 0 Å². The summed E-state index contributed by atoms with van der Waals surface area (Å²) >= 11 is 5.03. The van der Waals surface area contributed by atoms with Crippen LogP contribution in [-0.4, -0.2) is 17.0 Å². The summed E-state index contributed by atoms with van der Waals surface area (Å²) in [6.07, 6.45) is -0.237. The predicted octanol–water partition coefficient (Wildman–Crippen LogP) is 2.92. The Balaban J connectivity index is 2.48. The molecule has 66 valence electrons.